The maximum atomic E-state index is 0. The Morgan fingerprint density at radius 3 is 0.500 bits per heavy atom. The maximum absolute atomic E-state index is 0. The minimum atomic E-state index is 0. The molecule has 0 aliphatic heterocycles. The Kier molecular flexibility index (Phi) is 1590. The SMILES string of the molecule is O.O.[Cl-].[Cl-].[Cl-].[In+3]. The Bertz CT molecular complexity index is 8.75. The number of rotatable bonds is 0. The predicted octanol–water partition coefficient (Wildman–Crippen LogP) is -11.0. The van der Waals surface area contributed by atoms with Crippen molar-refractivity contribution in [3.63, 3.8) is 0 Å². The van der Waals surface area contributed by atoms with Gasteiger partial charge in [0, 0.05) is 0 Å². The summed E-state index contributed by atoms with van der Waals surface area (Å²) in [5, 5.41) is 0. The minimum absolute atomic E-state index is 0. The second-order valence-electron chi connectivity index (χ2n) is 0. The summed E-state index contributed by atoms with van der Waals surface area (Å²) in [6.45, 7) is 0. The third kappa shape index (κ3) is 44.6. The van der Waals surface area contributed by atoms with Crippen molar-refractivity contribution >= 4 is 25.8 Å². The molecule has 0 fully saturated rings. The van der Waals surface area contributed by atoms with Crippen LogP contribution in [0.2, 0.25) is 0 Å². The Labute approximate surface area is 73.7 Å². The summed E-state index contributed by atoms with van der Waals surface area (Å²) in [5.41, 5.74) is 0. The van der Waals surface area contributed by atoms with Gasteiger partial charge in [0.05, 0.1) is 0 Å². The van der Waals surface area contributed by atoms with Gasteiger partial charge in [-0.05, 0) is 0 Å². The van der Waals surface area contributed by atoms with E-state index in [1.165, 1.54) is 0 Å². The molecule has 0 amide bonds. The second-order valence-corrected chi connectivity index (χ2v) is 0. The van der Waals surface area contributed by atoms with Crippen molar-refractivity contribution in [3.8, 4) is 0 Å². The molecule has 4 N–H and O–H groups in total. The van der Waals surface area contributed by atoms with E-state index in [1.54, 1.807) is 0 Å². The van der Waals surface area contributed by atoms with E-state index in [0.717, 1.165) is 0 Å². The predicted molar refractivity (Wildman–Crippen MR) is 13.0 cm³/mol. The quantitative estimate of drug-likeness (QED) is 0.414. The van der Waals surface area contributed by atoms with Gasteiger partial charge in [-0.2, -0.15) is 0 Å². The summed E-state index contributed by atoms with van der Waals surface area (Å²) < 4.78 is 0. The van der Waals surface area contributed by atoms with Crippen molar-refractivity contribution in [2.24, 2.45) is 0 Å². The van der Waals surface area contributed by atoms with Crippen LogP contribution in [0.3, 0.4) is 0 Å². The molecule has 0 spiro atoms. The van der Waals surface area contributed by atoms with Gasteiger partial charge < -0.3 is 48.2 Å². The summed E-state index contributed by atoms with van der Waals surface area (Å²) in [4.78, 5) is 0. The largest absolute Gasteiger partial charge is 3.00 e. The molecule has 0 saturated carbocycles. The van der Waals surface area contributed by atoms with Gasteiger partial charge in [0.1, 0.15) is 0 Å². The fourth-order valence-corrected chi connectivity index (χ4v) is 0. The Morgan fingerprint density at radius 2 is 0.500 bits per heavy atom. The van der Waals surface area contributed by atoms with Crippen molar-refractivity contribution in [3.05, 3.63) is 0 Å². The van der Waals surface area contributed by atoms with E-state index < -0.39 is 0 Å². The van der Waals surface area contributed by atoms with E-state index in [9.17, 15) is 0 Å². The normalized spacial score (nSPS) is 0. The molecular formula is H4Cl3InO2. The van der Waals surface area contributed by atoms with Gasteiger partial charge in [-0.15, -0.1) is 0 Å². The monoisotopic (exact) mass is 256 g/mol. The topological polar surface area (TPSA) is 63.0 Å². The molecule has 0 aromatic rings. The molecule has 6 heteroatoms. The molecule has 0 heterocycles. The number of hydrogen-bond acceptors (Lipinski definition) is 0. The Balaban J connectivity index is 0. The van der Waals surface area contributed by atoms with E-state index in [4.69, 9.17) is 0 Å². The summed E-state index contributed by atoms with van der Waals surface area (Å²) in [5.74, 6) is 0. The average Bonchev–Trinajstić information content (AvgIpc) is 0. The van der Waals surface area contributed by atoms with Gasteiger partial charge >= 0.3 is 25.8 Å². The molecule has 0 radical (unpaired) electrons. The van der Waals surface area contributed by atoms with Gasteiger partial charge in [0.15, 0.2) is 0 Å². The van der Waals surface area contributed by atoms with Gasteiger partial charge in [-0.3, -0.25) is 0 Å². The van der Waals surface area contributed by atoms with Crippen LogP contribution in [0, 0.1) is 0 Å². The summed E-state index contributed by atoms with van der Waals surface area (Å²) in [6.07, 6.45) is 0. The standard InChI is InChI=1S/3ClH.In.2H2O/h3*1H;;2*1H2/q;;;+3;;/p-3. The zero-order chi connectivity index (χ0) is 0. The van der Waals surface area contributed by atoms with E-state index in [0.29, 0.717) is 0 Å². The third-order valence-electron chi connectivity index (χ3n) is 0. The van der Waals surface area contributed by atoms with E-state index in [1.807, 2.05) is 0 Å². The molecular weight excluding hydrogens is 253 g/mol. The Hall–Kier alpha value is 1.66. The van der Waals surface area contributed by atoms with Crippen molar-refractivity contribution in [2.75, 3.05) is 0 Å². The first-order valence-corrected chi connectivity index (χ1v) is 0. The summed E-state index contributed by atoms with van der Waals surface area (Å²) >= 11 is 0. The maximum Gasteiger partial charge on any atom is 3.00 e. The van der Waals surface area contributed by atoms with Crippen LogP contribution in [0.5, 0.6) is 0 Å². The van der Waals surface area contributed by atoms with Crippen LogP contribution in [0.15, 0.2) is 0 Å². The zero-order valence-corrected chi connectivity index (χ0v) is 8.27. The van der Waals surface area contributed by atoms with Crippen molar-refractivity contribution in [1.29, 1.82) is 0 Å². The van der Waals surface area contributed by atoms with Gasteiger partial charge in [-0.25, -0.2) is 0 Å². The molecule has 0 rings (SSSR count). The first-order chi connectivity index (χ1) is 0. The molecule has 40 valence electrons. The van der Waals surface area contributed by atoms with Crippen LogP contribution in [-0.4, -0.2) is 36.8 Å². The fourth-order valence-electron chi connectivity index (χ4n) is 0. The molecule has 6 heavy (non-hydrogen) atoms. The molecule has 0 aliphatic rings. The average molecular weight is 257 g/mol. The third-order valence-corrected chi connectivity index (χ3v) is 0. The molecule has 0 aliphatic carbocycles. The first kappa shape index (κ1) is 123. The second kappa shape index (κ2) is 77.4. The molecule has 2 nitrogen and oxygen atoms in total. The van der Waals surface area contributed by atoms with Gasteiger partial charge in [-0.1, -0.05) is 0 Å². The number of halogens is 3. The molecule has 0 aromatic heterocycles. The van der Waals surface area contributed by atoms with Crippen molar-refractivity contribution in [2.45, 2.75) is 0 Å². The first-order valence-electron chi connectivity index (χ1n) is 0. The van der Waals surface area contributed by atoms with Crippen LogP contribution < -0.4 is 37.2 Å². The van der Waals surface area contributed by atoms with Crippen molar-refractivity contribution in [1.82, 2.24) is 0 Å². The number of hydrogen-bond donors (Lipinski definition) is 0. The van der Waals surface area contributed by atoms with Crippen LogP contribution in [0.25, 0.3) is 0 Å². The Morgan fingerprint density at radius 1 is 0.500 bits per heavy atom. The minimum Gasteiger partial charge on any atom is -1.00 e. The molecule has 0 unspecified atom stereocenters. The summed E-state index contributed by atoms with van der Waals surface area (Å²) in [7, 11) is 0. The van der Waals surface area contributed by atoms with E-state index in [2.05, 4.69) is 0 Å². The fraction of sp³-hybridized carbons (Fsp3) is 0. The van der Waals surface area contributed by atoms with Gasteiger partial charge in [0.2, 0.25) is 0 Å². The van der Waals surface area contributed by atoms with Gasteiger partial charge in [0.25, 0.3) is 0 Å². The molecule has 0 saturated heterocycles. The van der Waals surface area contributed by atoms with Crippen LogP contribution in [-0.2, 0) is 0 Å². The van der Waals surface area contributed by atoms with Crippen LogP contribution in [0.1, 0.15) is 0 Å². The molecule has 0 aromatic carbocycles. The van der Waals surface area contributed by atoms with E-state index >= 15 is 0 Å². The van der Waals surface area contributed by atoms with Crippen LogP contribution >= 0.6 is 0 Å². The smallest absolute Gasteiger partial charge is 1.00 e. The van der Waals surface area contributed by atoms with E-state index in [-0.39, 0.29) is 74.0 Å². The molecule has 0 bridgehead atoms. The zero-order valence-electron chi connectivity index (χ0n) is 2.71. The van der Waals surface area contributed by atoms with Crippen molar-refractivity contribution < 1.29 is 48.2 Å². The summed E-state index contributed by atoms with van der Waals surface area (Å²) in [6, 6.07) is 0. The van der Waals surface area contributed by atoms with Crippen LogP contribution in [0.4, 0.5) is 0 Å². The molecule has 0 atom stereocenters.